The van der Waals surface area contributed by atoms with E-state index in [0.29, 0.717) is 6.42 Å². The number of ketones is 1. The molecule has 1 aromatic carbocycles. The molecule has 0 aliphatic carbocycles. The van der Waals surface area contributed by atoms with Crippen molar-refractivity contribution >= 4 is 11.5 Å². The van der Waals surface area contributed by atoms with E-state index in [1.54, 1.807) is 0 Å². The summed E-state index contributed by atoms with van der Waals surface area (Å²) in [5.74, 6) is 0.216. The van der Waals surface area contributed by atoms with Gasteiger partial charge in [-0.15, -0.1) is 0 Å². The first-order valence-electron chi connectivity index (χ1n) is 4.87. The summed E-state index contributed by atoms with van der Waals surface area (Å²) < 4.78 is 0. The van der Waals surface area contributed by atoms with E-state index in [4.69, 9.17) is 0 Å². The van der Waals surface area contributed by atoms with Crippen molar-refractivity contribution < 1.29 is 4.79 Å². The fourth-order valence-corrected chi connectivity index (χ4v) is 1.43. The molecule has 0 aromatic heterocycles. The van der Waals surface area contributed by atoms with Crippen LogP contribution in [0, 0.1) is 6.92 Å². The molecule has 0 aliphatic heterocycles. The van der Waals surface area contributed by atoms with Gasteiger partial charge in [0.05, 0.1) is 0 Å². The zero-order chi connectivity index (χ0) is 10.7. The molecule has 1 rings (SSSR count). The number of carbonyl (C=O) groups excluding carboxylic acids is 1. The van der Waals surface area contributed by atoms with E-state index in [0.717, 1.165) is 16.8 Å². The predicted octanol–water partition coefficient (Wildman–Crippen LogP) is 2.65. The van der Waals surface area contributed by atoms with Gasteiger partial charge in [-0.25, -0.2) is 0 Å². The predicted molar refractivity (Wildman–Crippen MR) is 60.1 cm³/mol. The van der Waals surface area contributed by atoms with Crippen LogP contribution in [0.15, 0.2) is 18.2 Å². The number of Topliss-reactive ketones (excluding diaryl/α,β-unsaturated/α-hetero) is 1. The zero-order valence-electron chi connectivity index (χ0n) is 9.29. The molecule has 0 N–H and O–H groups in total. The maximum absolute atomic E-state index is 11.5. The second-order valence-electron chi connectivity index (χ2n) is 3.67. The van der Waals surface area contributed by atoms with Crippen molar-refractivity contribution in [1.29, 1.82) is 0 Å². The van der Waals surface area contributed by atoms with Gasteiger partial charge in [-0.3, -0.25) is 4.79 Å². The zero-order valence-corrected chi connectivity index (χ0v) is 9.29. The largest absolute Gasteiger partial charge is 0.378 e. The van der Waals surface area contributed by atoms with E-state index in [2.05, 4.69) is 0 Å². The Balaban J connectivity index is 3.07. The van der Waals surface area contributed by atoms with Crippen LogP contribution >= 0.6 is 0 Å². The molecule has 0 amide bonds. The Bertz CT molecular complexity index is 342. The molecule has 76 valence electrons. The van der Waals surface area contributed by atoms with Gasteiger partial charge in [-0.2, -0.15) is 0 Å². The number of benzene rings is 1. The lowest BCUT2D eigenvalue weighted by Gasteiger charge is -2.14. The molecule has 0 saturated heterocycles. The van der Waals surface area contributed by atoms with Crippen molar-refractivity contribution in [1.82, 2.24) is 0 Å². The van der Waals surface area contributed by atoms with E-state index in [9.17, 15) is 4.79 Å². The number of hydrogen-bond donors (Lipinski definition) is 0. The molecule has 0 radical (unpaired) electrons. The summed E-state index contributed by atoms with van der Waals surface area (Å²) in [5.41, 5.74) is 3.04. The summed E-state index contributed by atoms with van der Waals surface area (Å²) in [7, 11) is 3.99. The minimum absolute atomic E-state index is 0.216. The summed E-state index contributed by atoms with van der Waals surface area (Å²) in [6, 6.07) is 5.94. The van der Waals surface area contributed by atoms with E-state index in [1.807, 2.05) is 51.0 Å². The lowest BCUT2D eigenvalue weighted by Crippen LogP contribution is -2.09. The third kappa shape index (κ3) is 2.13. The van der Waals surface area contributed by atoms with Crippen LogP contribution in [0.25, 0.3) is 0 Å². The minimum Gasteiger partial charge on any atom is -0.378 e. The number of hydrogen-bond acceptors (Lipinski definition) is 2. The minimum atomic E-state index is 0.216. The van der Waals surface area contributed by atoms with Crippen LogP contribution in [0.2, 0.25) is 0 Å². The van der Waals surface area contributed by atoms with Crippen molar-refractivity contribution in [2.24, 2.45) is 0 Å². The summed E-state index contributed by atoms with van der Waals surface area (Å²) in [4.78, 5) is 13.5. The summed E-state index contributed by atoms with van der Waals surface area (Å²) in [6.07, 6.45) is 0.572. The molecule has 0 aliphatic rings. The molecule has 0 heterocycles. The van der Waals surface area contributed by atoms with E-state index >= 15 is 0 Å². The average molecular weight is 191 g/mol. The highest BCUT2D eigenvalue weighted by atomic mass is 16.1. The van der Waals surface area contributed by atoms with Gasteiger partial charge in [0.25, 0.3) is 0 Å². The molecule has 0 fully saturated rings. The van der Waals surface area contributed by atoms with Crippen LogP contribution in [-0.2, 0) is 0 Å². The fourth-order valence-electron chi connectivity index (χ4n) is 1.43. The van der Waals surface area contributed by atoms with Crippen LogP contribution < -0.4 is 4.90 Å². The maximum Gasteiger partial charge on any atom is 0.162 e. The fraction of sp³-hybridized carbons (Fsp3) is 0.417. The van der Waals surface area contributed by atoms with Gasteiger partial charge >= 0.3 is 0 Å². The highest BCUT2D eigenvalue weighted by Gasteiger charge is 2.07. The summed E-state index contributed by atoms with van der Waals surface area (Å²) in [5, 5.41) is 0. The Morgan fingerprint density at radius 3 is 2.43 bits per heavy atom. The average Bonchev–Trinajstić information content (AvgIpc) is 2.16. The molecule has 2 heteroatoms. The Labute approximate surface area is 85.5 Å². The van der Waals surface area contributed by atoms with Gasteiger partial charge in [0.15, 0.2) is 5.78 Å². The molecule has 0 bridgehead atoms. The third-order valence-corrected chi connectivity index (χ3v) is 2.35. The molecule has 0 unspecified atom stereocenters. The molecular formula is C12H17NO. The second kappa shape index (κ2) is 4.27. The van der Waals surface area contributed by atoms with E-state index in [-0.39, 0.29) is 5.78 Å². The SMILES string of the molecule is CCC(=O)c1ccc(N(C)C)cc1C. The first-order chi connectivity index (χ1) is 6.56. The molecule has 2 nitrogen and oxygen atoms in total. The third-order valence-electron chi connectivity index (χ3n) is 2.35. The Morgan fingerprint density at radius 2 is 2.00 bits per heavy atom. The van der Waals surface area contributed by atoms with Crippen molar-refractivity contribution in [2.45, 2.75) is 20.3 Å². The summed E-state index contributed by atoms with van der Waals surface area (Å²) in [6.45, 7) is 3.87. The second-order valence-corrected chi connectivity index (χ2v) is 3.67. The lowest BCUT2D eigenvalue weighted by atomic mass is 10.0. The number of aryl methyl sites for hydroxylation is 1. The lowest BCUT2D eigenvalue weighted by molar-refractivity contribution is 0.0987. The Kier molecular flexibility index (Phi) is 3.28. The van der Waals surface area contributed by atoms with Gasteiger partial charge in [0, 0.05) is 31.8 Å². The maximum atomic E-state index is 11.5. The number of carbonyl (C=O) groups is 1. The number of rotatable bonds is 3. The normalized spacial score (nSPS) is 10.0. The van der Waals surface area contributed by atoms with Gasteiger partial charge in [-0.1, -0.05) is 6.92 Å². The van der Waals surface area contributed by atoms with Gasteiger partial charge < -0.3 is 4.90 Å². The molecule has 0 spiro atoms. The van der Waals surface area contributed by atoms with Crippen molar-refractivity contribution in [3.8, 4) is 0 Å². The van der Waals surface area contributed by atoms with Crippen molar-refractivity contribution in [3.05, 3.63) is 29.3 Å². The standard InChI is InChI=1S/C12H17NO/c1-5-12(14)11-7-6-10(13(3)4)8-9(11)2/h6-8H,5H2,1-4H3. The van der Waals surface area contributed by atoms with Crippen molar-refractivity contribution in [3.63, 3.8) is 0 Å². The molecular weight excluding hydrogens is 174 g/mol. The smallest absolute Gasteiger partial charge is 0.162 e. The monoisotopic (exact) mass is 191 g/mol. The number of nitrogens with zero attached hydrogens (tertiary/aromatic N) is 1. The first kappa shape index (κ1) is 10.8. The highest BCUT2D eigenvalue weighted by Crippen LogP contribution is 2.18. The molecule has 14 heavy (non-hydrogen) atoms. The number of anilines is 1. The van der Waals surface area contributed by atoms with E-state index < -0.39 is 0 Å². The van der Waals surface area contributed by atoms with Crippen LogP contribution in [0.1, 0.15) is 29.3 Å². The van der Waals surface area contributed by atoms with Gasteiger partial charge in [-0.05, 0) is 30.7 Å². The van der Waals surface area contributed by atoms with E-state index in [1.165, 1.54) is 0 Å². The first-order valence-corrected chi connectivity index (χ1v) is 4.87. The molecule has 0 saturated carbocycles. The Morgan fingerprint density at radius 1 is 1.36 bits per heavy atom. The van der Waals surface area contributed by atoms with Crippen LogP contribution in [0.5, 0.6) is 0 Å². The summed E-state index contributed by atoms with van der Waals surface area (Å²) >= 11 is 0. The topological polar surface area (TPSA) is 20.3 Å². The van der Waals surface area contributed by atoms with Crippen LogP contribution in [0.4, 0.5) is 5.69 Å². The van der Waals surface area contributed by atoms with Crippen molar-refractivity contribution in [2.75, 3.05) is 19.0 Å². The quantitative estimate of drug-likeness (QED) is 0.684. The van der Waals surface area contributed by atoms with Gasteiger partial charge in [0.2, 0.25) is 0 Å². The molecule has 1 aromatic rings. The Hall–Kier alpha value is -1.31. The van der Waals surface area contributed by atoms with Crippen LogP contribution in [0.3, 0.4) is 0 Å². The van der Waals surface area contributed by atoms with Crippen LogP contribution in [-0.4, -0.2) is 19.9 Å². The van der Waals surface area contributed by atoms with Gasteiger partial charge in [0.1, 0.15) is 0 Å². The highest BCUT2D eigenvalue weighted by molar-refractivity contribution is 5.97. The molecule has 0 atom stereocenters.